The van der Waals surface area contributed by atoms with E-state index in [0.29, 0.717) is 18.1 Å². The van der Waals surface area contributed by atoms with E-state index in [2.05, 4.69) is 10.4 Å². The summed E-state index contributed by atoms with van der Waals surface area (Å²) in [5.74, 6) is -0.872. The van der Waals surface area contributed by atoms with Crippen LogP contribution in [0.3, 0.4) is 0 Å². The molecular formula is C25H22FN3O6S. The van der Waals surface area contributed by atoms with Gasteiger partial charge in [0.25, 0.3) is 11.5 Å². The molecule has 2 aromatic heterocycles. The van der Waals surface area contributed by atoms with Gasteiger partial charge in [0.05, 0.1) is 18.6 Å². The number of anilines is 1. The Balaban J connectivity index is 1.65. The zero-order chi connectivity index (χ0) is 25.7. The van der Waals surface area contributed by atoms with Gasteiger partial charge in [0.15, 0.2) is 12.3 Å². The van der Waals surface area contributed by atoms with Gasteiger partial charge in [-0.3, -0.25) is 9.59 Å². The van der Waals surface area contributed by atoms with Crippen LogP contribution in [0, 0.1) is 5.82 Å². The molecule has 0 radical (unpaired) electrons. The summed E-state index contributed by atoms with van der Waals surface area (Å²) in [7, 11) is 0. The maximum Gasteiger partial charge on any atom is 0.359 e. The number of para-hydroxylation sites is 1. The standard InChI is InChI=1S/C25H22FN3O6S/c1-3-33-15-9-11-16(12-10-15)35-13-20(30)27-23-21-17(14-36-23)22(25(32)34-4-2)28-29(24(21)31)19-8-6-5-7-18(19)26/h5-12,14H,3-4,13H2,1-2H3,(H,27,30). The van der Waals surface area contributed by atoms with Crippen molar-refractivity contribution in [3.05, 3.63) is 75.8 Å². The number of esters is 1. The third kappa shape index (κ3) is 5.20. The van der Waals surface area contributed by atoms with Gasteiger partial charge in [-0.25, -0.2) is 9.18 Å². The van der Waals surface area contributed by atoms with E-state index < -0.39 is 23.3 Å². The second-order valence-electron chi connectivity index (χ2n) is 7.33. The van der Waals surface area contributed by atoms with Crippen molar-refractivity contribution in [2.75, 3.05) is 25.1 Å². The van der Waals surface area contributed by atoms with Crippen LogP contribution in [0.15, 0.2) is 58.7 Å². The zero-order valence-electron chi connectivity index (χ0n) is 19.4. The lowest BCUT2D eigenvalue weighted by molar-refractivity contribution is -0.118. The Labute approximate surface area is 209 Å². The van der Waals surface area contributed by atoms with Crippen molar-refractivity contribution >= 4 is 39.0 Å². The van der Waals surface area contributed by atoms with Crippen molar-refractivity contribution in [1.29, 1.82) is 0 Å². The number of aromatic nitrogens is 2. The number of carbonyl (C=O) groups excluding carboxylic acids is 2. The van der Waals surface area contributed by atoms with Gasteiger partial charge in [0.2, 0.25) is 0 Å². The molecule has 1 amide bonds. The van der Waals surface area contributed by atoms with Gasteiger partial charge in [0.1, 0.15) is 28.0 Å². The van der Waals surface area contributed by atoms with Crippen molar-refractivity contribution < 1.29 is 28.2 Å². The van der Waals surface area contributed by atoms with E-state index in [0.717, 1.165) is 16.0 Å². The molecule has 0 atom stereocenters. The maximum absolute atomic E-state index is 14.5. The smallest absolute Gasteiger partial charge is 0.359 e. The van der Waals surface area contributed by atoms with E-state index in [9.17, 15) is 18.8 Å². The minimum Gasteiger partial charge on any atom is -0.494 e. The van der Waals surface area contributed by atoms with Crippen LogP contribution in [0.1, 0.15) is 24.3 Å². The van der Waals surface area contributed by atoms with Gasteiger partial charge >= 0.3 is 5.97 Å². The van der Waals surface area contributed by atoms with E-state index in [1.165, 1.54) is 29.6 Å². The number of hydrogen-bond donors (Lipinski definition) is 1. The maximum atomic E-state index is 14.5. The average Bonchev–Trinajstić information content (AvgIpc) is 3.29. The fraction of sp³-hybridized carbons (Fsp3) is 0.200. The summed E-state index contributed by atoms with van der Waals surface area (Å²) in [5, 5.41) is 8.63. The predicted molar refractivity (Wildman–Crippen MR) is 133 cm³/mol. The molecule has 0 saturated heterocycles. The van der Waals surface area contributed by atoms with E-state index in [4.69, 9.17) is 14.2 Å². The quantitative estimate of drug-likeness (QED) is 0.336. The summed E-state index contributed by atoms with van der Waals surface area (Å²) >= 11 is 1.03. The number of rotatable bonds is 9. The molecule has 1 N–H and O–H groups in total. The number of ether oxygens (including phenoxy) is 3. The second-order valence-corrected chi connectivity index (χ2v) is 8.21. The highest BCUT2D eigenvalue weighted by Gasteiger charge is 2.24. The summed E-state index contributed by atoms with van der Waals surface area (Å²) in [6, 6.07) is 12.3. The lowest BCUT2D eigenvalue weighted by atomic mass is 10.2. The Morgan fingerprint density at radius 1 is 1.03 bits per heavy atom. The van der Waals surface area contributed by atoms with Crippen LogP contribution in [0.4, 0.5) is 9.39 Å². The molecule has 2 aromatic carbocycles. The predicted octanol–water partition coefficient (Wildman–Crippen LogP) is 4.18. The van der Waals surface area contributed by atoms with Gasteiger partial charge in [-0.1, -0.05) is 12.1 Å². The normalized spacial score (nSPS) is 10.8. The van der Waals surface area contributed by atoms with Crippen molar-refractivity contribution in [3.8, 4) is 17.2 Å². The molecule has 0 aliphatic heterocycles. The fourth-order valence-electron chi connectivity index (χ4n) is 3.39. The number of hydrogen-bond acceptors (Lipinski definition) is 8. The van der Waals surface area contributed by atoms with Crippen LogP contribution < -0.4 is 20.3 Å². The molecule has 4 rings (SSSR count). The van der Waals surface area contributed by atoms with Crippen LogP contribution in [0.5, 0.6) is 11.5 Å². The lowest BCUT2D eigenvalue weighted by Crippen LogP contribution is -2.27. The molecule has 4 aromatic rings. The molecule has 36 heavy (non-hydrogen) atoms. The number of benzene rings is 2. The number of nitrogens with zero attached hydrogens (tertiary/aromatic N) is 2. The Kier molecular flexibility index (Phi) is 7.59. The van der Waals surface area contributed by atoms with Crippen LogP contribution in [0.2, 0.25) is 0 Å². The molecule has 9 nitrogen and oxygen atoms in total. The molecule has 0 aliphatic carbocycles. The zero-order valence-corrected chi connectivity index (χ0v) is 20.3. The molecule has 0 fully saturated rings. The van der Waals surface area contributed by atoms with Gasteiger partial charge in [0, 0.05) is 10.8 Å². The molecule has 0 spiro atoms. The molecular weight excluding hydrogens is 489 g/mol. The molecule has 186 valence electrons. The van der Waals surface area contributed by atoms with Crippen LogP contribution in [-0.2, 0) is 9.53 Å². The number of nitrogens with one attached hydrogen (secondary N) is 1. The van der Waals surface area contributed by atoms with E-state index in [-0.39, 0.29) is 40.4 Å². The summed E-state index contributed by atoms with van der Waals surface area (Å²) in [6.07, 6.45) is 0. The third-order valence-electron chi connectivity index (χ3n) is 4.96. The first-order chi connectivity index (χ1) is 17.4. The first kappa shape index (κ1) is 24.9. The van der Waals surface area contributed by atoms with E-state index in [1.54, 1.807) is 31.2 Å². The van der Waals surface area contributed by atoms with Gasteiger partial charge in [-0.2, -0.15) is 9.78 Å². The molecule has 2 heterocycles. The molecule has 0 saturated carbocycles. The van der Waals surface area contributed by atoms with E-state index in [1.807, 2.05) is 6.92 Å². The van der Waals surface area contributed by atoms with Crippen molar-refractivity contribution in [1.82, 2.24) is 9.78 Å². The first-order valence-corrected chi connectivity index (χ1v) is 11.9. The number of fused-ring (bicyclic) bond motifs is 1. The SMILES string of the molecule is CCOC(=O)c1nn(-c2ccccc2F)c(=O)c2c(NC(=O)COc3ccc(OCC)cc3)scc12. The summed E-state index contributed by atoms with van der Waals surface area (Å²) in [6.45, 7) is 3.79. The number of thiophene rings is 1. The highest BCUT2D eigenvalue weighted by Crippen LogP contribution is 2.31. The third-order valence-corrected chi connectivity index (χ3v) is 5.85. The molecule has 11 heteroatoms. The number of carbonyl (C=O) groups is 2. The highest BCUT2D eigenvalue weighted by molar-refractivity contribution is 7.16. The van der Waals surface area contributed by atoms with Crippen LogP contribution >= 0.6 is 11.3 Å². The Morgan fingerprint density at radius 2 is 1.72 bits per heavy atom. The fourth-order valence-corrected chi connectivity index (χ4v) is 4.34. The van der Waals surface area contributed by atoms with E-state index >= 15 is 0 Å². The lowest BCUT2D eigenvalue weighted by Gasteiger charge is -2.11. The average molecular weight is 512 g/mol. The van der Waals surface area contributed by atoms with Crippen LogP contribution in [0.25, 0.3) is 16.5 Å². The second kappa shape index (κ2) is 11.0. The minimum atomic E-state index is -0.776. The molecule has 0 bridgehead atoms. The summed E-state index contributed by atoms with van der Waals surface area (Å²) in [4.78, 5) is 38.5. The Morgan fingerprint density at radius 3 is 2.39 bits per heavy atom. The highest BCUT2D eigenvalue weighted by atomic mass is 32.1. The van der Waals surface area contributed by atoms with Gasteiger partial charge < -0.3 is 19.5 Å². The Hall–Kier alpha value is -4.25. The summed E-state index contributed by atoms with van der Waals surface area (Å²) < 4.78 is 31.3. The van der Waals surface area contributed by atoms with Crippen LogP contribution in [-0.4, -0.2) is 41.5 Å². The van der Waals surface area contributed by atoms with Crippen molar-refractivity contribution in [2.24, 2.45) is 0 Å². The van der Waals surface area contributed by atoms with Crippen molar-refractivity contribution in [2.45, 2.75) is 13.8 Å². The number of halogens is 1. The van der Waals surface area contributed by atoms with Gasteiger partial charge in [-0.05, 0) is 50.2 Å². The largest absolute Gasteiger partial charge is 0.494 e. The number of amides is 1. The molecule has 0 aliphatic rings. The van der Waals surface area contributed by atoms with Crippen molar-refractivity contribution in [3.63, 3.8) is 0 Å². The minimum absolute atomic E-state index is 0.00993. The Bertz CT molecular complexity index is 1470. The van der Waals surface area contributed by atoms with Gasteiger partial charge in [-0.15, -0.1) is 11.3 Å². The summed E-state index contributed by atoms with van der Waals surface area (Å²) in [5.41, 5.74) is -1.01. The molecule has 0 unspecified atom stereocenters. The first-order valence-electron chi connectivity index (χ1n) is 11.0. The monoisotopic (exact) mass is 511 g/mol. The topological polar surface area (TPSA) is 109 Å².